The van der Waals surface area contributed by atoms with Crippen LogP contribution in [0.3, 0.4) is 0 Å². The third kappa shape index (κ3) is 5.88. The van der Waals surface area contributed by atoms with E-state index in [0.29, 0.717) is 6.42 Å². The van der Waals surface area contributed by atoms with E-state index in [1.807, 2.05) is 6.92 Å². The van der Waals surface area contributed by atoms with Gasteiger partial charge in [0, 0.05) is 0 Å². The Morgan fingerprint density at radius 2 is 1.96 bits per heavy atom. The molecule has 0 saturated carbocycles. The summed E-state index contributed by atoms with van der Waals surface area (Å²) in [6, 6.07) is -0.960. The third-order valence-electron chi connectivity index (χ3n) is 3.32. The lowest BCUT2D eigenvalue weighted by atomic mass is 9.99. The lowest BCUT2D eigenvalue weighted by molar-refractivity contribution is -0.157. The molecule has 0 aromatic rings. The van der Waals surface area contributed by atoms with Gasteiger partial charge in [-0.3, -0.25) is 14.9 Å². The maximum atomic E-state index is 12.3. The predicted molar refractivity (Wildman–Crippen MR) is 80.3 cm³/mol. The van der Waals surface area contributed by atoms with Gasteiger partial charge in [-0.25, -0.2) is 9.59 Å². The number of nitrogens with one attached hydrogen (secondary N) is 2. The number of imide groups is 1. The second-order valence-electron chi connectivity index (χ2n) is 6.55. The molecule has 1 aliphatic rings. The fourth-order valence-corrected chi connectivity index (χ4v) is 1.94. The van der Waals surface area contributed by atoms with E-state index in [4.69, 9.17) is 9.47 Å². The van der Waals surface area contributed by atoms with Crippen molar-refractivity contribution in [3.05, 3.63) is 0 Å². The van der Waals surface area contributed by atoms with Crippen LogP contribution < -0.4 is 10.6 Å². The zero-order chi connectivity index (χ0) is 17.8. The van der Waals surface area contributed by atoms with Gasteiger partial charge in [-0.2, -0.15) is 0 Å². The number of esters is 1. The van der Waals surface area contributed by atoms with Crippen LogP contribution in [0.2, 0.25) is 0 Å². The van der Waals surface area contributed by atoms with E-state index in [2.05, 4.69) is 10.6 Å². The number of rotatable bonds is 5. The number of amides is 3. The number of carbonyl (C=O) groups excluding carboxylic acids is 4. The zero-order valence-electron chi connectivity index (χ0n) is 14.1. The highest BCUT2D eigenvalue weighted by atomic mass is 16.6. The first-order valence-corrected chi connectivity index (χ1v) is 7.57. The molecule has 1 aliphatic heterocycles. The second kappa shape index (κ2) is 7.43. The number of ether oxygens (including phenoxy) is 2. The molecule has 1 rings (SSSR count). The summed E-state index contributed by atoms with van der Waals surface area (Å²) in [6.45, 7) is 8.74. The first kappa shape index (κ1) is 18.9. The van der Waals surface area contributed by atoms with Crippen molar-refractivity contribution >= 4 is 23.9 Å². The quantitative estimate of drug-likeness (QED) is 0.572. The first-order valence-electron chi connectivity index (χ1n) is 7.57. The average molecular weight is 328 g/mol. The van der Waals surface area contributed by atoms with E-state index in [-0.39, 0.29) is 12.3 Å². The molecule has 1 heterocycles. The highest BCUT2D eigenvalue weighted by Gasteiger charge is 2.37. The van der Waals surface area contributed by atoms with E-state index in [1.165, 1.54) is 0 Å². The Kier molecular flexibility index (Phi) is 6.12. The molecule has 0 radical (unpaired) electrons. The Morgan fingerprint density at radius 3 is 2.39 bits per heavy atom. The molecule has 0 aliphatic carbocycles. The molecule has 0 aromatic heterocycles. The van der Waals surface area contributed by atoms with Crippen LogP contribution in [0.25, 0.3) is 0 Å². The molecular formula is C15H24N2O6. The minimum Gasteiger partial charge on any atom is -0.450 e. The number of hydrogen-bond donors (Lipinski definition) is 2. The Bertz CT molecular complexity index is 497. The lowest BCUT2D eigenvalue weighted by Gasteiger charge is -2.26. The third-order valence-corrected chi connectivity index (χ3v) is 3.32. The molecule has 130 valence electrons. The minimum atomic E-state index is -1.15. The smallest absolute Gasteiger partial charge is 0.408 e. The lowest BCUT2D eigenvalue weighted by Crippen LogP contribution is -2.48. The van der Waals surface area contributed by atoms with Crippen LogP contribution in [0.1, 0.15) is 47.5 Å². The number of carbonyl (C=O) groups is 4. The van der Waals surface area contributed by atoms with Gasteiger partial charge in [-0.15, -0.1) is 0 Å². The Labute approximate surface area is 135 Å². The van der Waals surface area contributed by atoms with E-state index in [0.717, 1.165) is 0 Å². The SMILES string of the molecule is CC[C@H](C)[C@H](NC(=O)OC(C)(C)C)C(=O)O[C@H]1CC(=O)NC1=O. The van der Waals surface area contributed by atoms with Gasteiger partial charge in [0.05, 0.1) is 6.42 Å². The fourth-order valence-electron chi connectivity index (χ4n) is 1.94. The topological polar surface area (TPSA) is 111 Å². The molecule has 23 heavy (non-hydrogen) atoms. The van der Waals surface area contributed by atoms with Crippen LogP contribution in [-0.2, 0) is 23.9 Å². The highest BCUT2D eigenvalue weighted by molar-refractivity contribution is 6.05. The fraction of sp³-hybridized carbons (Fsp3) is 0.733. The van der Waals surface area contributed by atoms with Crippen molar-refractivity contribution in [2.45, 2.75) is 65.2 Å². The number of alkyl carbamates (subject to hydrolysis) is 1. The molecule has 3 amide bonds. The molecule has 8 nitrogen and oxygen atoms in total. The van der Waals surface area contributed by atoms with Gasteiger partial charge >= 0.3 is 12.1 Å². The van der Waals surface area contributed by atoms with Crippen LogP contribution in [-0.4, -0.2) is 41.6 Å². The second-order valence-corrected chi connectivity index (χ2v) is 6.55. The number of hydrogen-bond acceptors (Lipinski definition) is 6. The van der Waals surface area contributed by atoms with Crippen molar-refractivity contribution in [1.82, 2.24) is 10.6 Å². The molecule has 3 atom stereocenters. The van der Waals surface area contributed by atoms with Crippen molar-refractivity contribution in [3.63, 3.8) is 0 Å². The van der Waals surface area contributed by atoms with Gasteiger partial charge in [-0.05, 0) is 26.7 Å². The van der Waals surface area contributed by atoms with Crippen molar-refractivity contribution in [3.8, 4) is 0 Å². The minimum absolute atomic E-state index is 0.204. The van der Waals surface area contributed by atoms with Crippen LogP contribution >= 0.6 is 0 Å². The van der Waals surface area contributed by atoms with Gasteiger partial charge in [0.1, 0.15) is 11.6 Å². The largest absolute Gasteiger partial charge is 0.450 e. The van der Waals surface area contributed by atoms with E-state index >= 15 is 0 Å². The Hall–Kier alpha value is -2.12. The molecule has 1 fully saturated rings. The summed E-state index contributed by atoms with van der Waals surface area (Å²) >= 11 is 0. The molecular weight excluding hydrogens is 304 g/mol. The van der Waals surface area contributed by atoms with Gasteiger partial charge in [0.25, 0.3) is 5.91 Å². The van der Waals surface area contributed by atoms with Gasteiger partial charge in [0.2, 0.25) is 5.91 Å². The maximum absolute atomic E-state index is 12.3. The first-order chi connectivity index (χ1) is 10.5. The summed E-state index contributed by atoms with van der Waals surface area (Å²) in [4.78, 5) is 46.7. The Morgan fingerprint density at radius 1 is 1.35 bits per heavy atom. The van der Waals surface area contributed by atoms with Crippen molar-refractivity contribution in [2.75, 3.05) is 0 Å². The molecule has 8 heteroatoms. The highest BCUT2D eigenvalue weighted by Crippen LogP contribution is 2.15. The van der Waals surface area contributed by atoms with Gasteiger partial charge in [0.15, 0.2) is 6.10 Å². The summed E-state index contributed by atoms with van der Waals surface area (Å²) in [5.74, 6) is -2.13. The summed E-state index contributed by atoms with van der Waals surface area (Å²) in [6.07, 6.45) is -1.50. The molecule has 1 saturated heterocycles. The Balaban J connectivity index is 2.73. The summed E-state index contributed by atoms with van der Waals surface area (Å²) in [5, 5.41) is 4.53. The zero-order valence-corrected chi connectivity index (χ0v) is 14.1. The van der Waals surface area contributed by atoms with Crippen molar-refractivity contribution in [2.24, 2.45) is 5.92 Å². The van der Waals surface area contributed by atoms with Crippen LogP contribution in [0, 0.1) is 5.92 Å². The van der Waals surface area contributed by atoms with E-state index in [1.54, 1.807) is 27.7 Å². The van der Waals surface area contributed by atoms with E-state index < -0.39 is 41.6 Å². The van der Waals surface area contributed by atoms with Crippen molar-refractivity contribution in [1.29, 1.82) is 0 Å². The van der Waals surface area contributed by atoms with Crippen LogP contribution in [0.15, 0.2) is 0 Å². The average Bonchev–Trinajstić information content (AvgIpc) is 2.71. The summed E-state index contributed by atoms with van der Waals surface area (Å²) in [7, 11) is 0. The van der Waals surface area contributed by atoms with Gasteiger partial charge < -0.3 is 14.8 Å². The van der Waals surface area contributed by atoms with E-state index in [9.17, 15) is 19.2 Å². The molecule has 0 bridgehead atoms. The molecule has 0 spiro atoms. The monoisotopic (exact) mass is 328 g/mol. The predicted octanol–water partition coefficient (Wildman–Crippen LogP) is 0.884. The van der Waals surface area contributed by atoms with Gasteiger partial charge in [-0.1, -0.05) is 20.3 Å². The van der Waals surface area contributed by atoms with Crippen molar-refractivity contribution < 1.29 is 28.7 Å². The molecule has 0 aromatic carbocycles. The normalized spacial score (nSPS) is 20.5. The molecule has 0 unspecified atom stereocenters. The summed E-state index contributed by atoms with van der Waals surface area (Å²) < 4.78 is 10.2. The molecule has 2 N–H and O–H groups in total. The van der Waals surface area contributed by atoms with Crippen LogP contribution in [0.5, 0.6) is 0 Å². The maximum Gasteiger partial charge on any atom is 0.408 e. The summed E-state index contributed by atoms with van der Waals surface area (Å²) in [5.41, 5.74) is -0.703. The standard InChI is InChI=1S/C15H24N2O6/c1-6-8(2)11(17-14(21)23-15(3,4)5)13(20)22-9-7-10(18)16-12(9)19/h8-9,11H,6-7H2,1-5H3,(H,17,21)(H,16,18,19)/t8-,9-,11-/m0/s1. The van der Waals surface area contributed by atoms with Crippen LogP contribution in [0.4, 0.5) is 4.79 Å².